The van der Waals surface area contributed by atoms with Gasteiger partial charge in [0.15, 0.2) is 0 Å². The first kappa shape index (κ1) is 12.9. The summed E-state index contributed by atoms with van der Waals surface area (Å²) in [7, 11) is 2.17. The van der Waals surface area contributed by atoms with E-state index in [1.54, 1.807) is 11.5 Å². The highest BCUT2D eigenvalue weighted by Crippen LogP contribution is 2.18. The van der Waals surface area contributed by atoms with Gasteiger partial charge in [-0.15, -0.1) is 5.10 Å². The Bertz CT molecular complexity index is 335. The molecule has 0 spiro atoms. The highest BCUT2D eigenvalue weighted by atomic mass is 32.1. The van der Waals surface area contributed by atoms with E-state index >= 15 is 0 Å². The van der Waals surface area contributed by atoms with Crippen molar-refractivity contribution in [1.29, 1.82) is 0 Å². The van der Waals surface area contributed by atoms with Crippen molar-refractivity contribution in [1.82, 2.24) is 19.8 Å². The lowest BCUT2D eigenvalue weighted by atomic mass is 10.2. The second-order valence-corrected chi connectivity index (χ2v) is 5.70. The monoisotopic (exact) mass is 254 g/mol. The molecule has 1 fully saturated rings. The topological polar surface area (TPSA) is 41.1 Å². The summed E-state index contributed by atoms with van der Waals surface area (Å²) < 4.78 is 4.06. The van der Waals surface area contributed by atoms with Crippen LogP contribution in [0.25, 0.3) is 0 Å². The zero-order valence-corrected chi connectivity index (χ0v) is 11.6. The number of hydrogen-bond acceptors (Lipinski definition) is 5. The van der Waals surface area contributed by atoms with E-state index in [2.05, 4.69) is 33.8 Å². The second-order valence-electron chi connectivity index (χ2n) is 4.86. The van der Waals surface area contributed by atoms with Crippen LogP contribution in [0.15, 0.2) is 0 Å². The summed E-state index contributed by atoms with van der Waals surface area (Å²) in [5, 5.41) is 7.74. The van der Waals surface area contributed by atoms with Gasteiger partial charge in [-0.3, -0.25) is 4.90 Å². The molecule has 1 saturated carbocycles. The second kappa shape index (κ2) is 6.42. The van der Waals surface area contributed by atoms with E-state index in [9.17, 15) is 0 Å². The third-order valence-electron chi connectivity index (χ3n) is 3.04. The molecular weight excluding hydrogens is 232 g/mol. The van der Waals surface area contributed by atoms with Gasteiger partial charge in [0.2, 0.25) is 0 Å². The van der Waals surface area contributed by atoms with Gasteiger partial charge < -0.3 is 5.32 Å². The van der Waals surface area contributed by atoms with Gasteiger partial charge in [0, 0.05) is 25.7 Å². The normalized spacial score (nSPS) is 15.7. The minimum absolute atomic E-state index is 0.809. The third-order valence-corrected chi connectivity index (χ3v) is 3.79. The molecule has 0 unspecified atom stereocenters. The summed E-state index contributed by atoms with van der Waals surface area (Å²) in [6.07, 6.45) is 4.93. The highest BCUT2D eigenvalue weighted by Gasteiger charge is 2.19. The molecule has 1 aliphatic carbocycles. The van der Waals surface area contributed by atoms with Crippen molar-refractivity contribution in [2.75, 3.05) is 20.1 Å². The van der Waals surface area contributed by atoms with Crippen LogP contribution in [0.5, 0.6) is 0 Å². The van der Waals surface area contributed by atoms with Crippen LogP contribution in [0, 0.1) is 0 Å². The Morgan fingerprint density at radius 1 is 1.47 bits per heavy atom. The van der Waals surface area contributed by atoms with Gasteiger partial charge in [0.25, 0.3) is 0 Å². The van der Waals surface area contributed by atoms with E-state index in [-0.39, 0.29) is 0 Å². The average molecular weight is 254 g/mol. The van der Waals surface area contributed by atoms with Crippen LogP contribution in [0.3, 0.4) is 0 Å². The zero-order chi connectivity index (χ0) is 12.1. The SMILES string of the molecule is CCCc1nnsc1CN(C)CCNC1CC1. The molecule has 96 valence electrons. The van der Waals surface area contributed by atoms with Gasteiger partial charge in [-0.05, 0) is 37.8 Å². The number of nitrogens with one attached hydrogen (secondary N) is 1. The average Bonchev–Trinajstić information content (AvgIpc) is 3.02. The van der Waals surface area contributed by atoms with E-state index in [0.717, 1.165) is 38.5 Å². The fraction of sp³-hybridized carbons (Fsp3) is 0.833. The Balaban J connectivity index is 1.71. The van der Waals surface area contributed by atoms with Crippen LogP contribution in [0.1, 0.15) is 36.8 Å². The molecule has 1 N–H and O–H groups in total. The van der Waals surface area contributed by atoms with Crippen LogP contribution in [-0.4, -0.2) is 40.7 Å². The Hall–Kier alpha value is -0.520. The maximum absolute atomic E-state index is 4.20. The van der Waals surface area contributed by atoms with Crippen LogP contribution >= 0.6 is 11.5 Å². The molecule has 1 aliphatic rings. The van der Waals surface area contributed by atoms with Crippen molar-refractivity contribution in [2.24, 2.45) is 0 Å². The van der Waals surface area contributed by atoms with E-state index in [0.29, 0.717) is 0 Å². The summed E-state index contributed by atoms with van der Waals surface area (Å²) in [4.78, 5) is 3.68. The molecule has 17 heavy (non-hydrogen) atoms. The molecule has 1 aromatic rings. The predicted molar refractivity (Wildman–Crippen MR) is 71.3 cm³/mol. The molecule has 0 radical (unpaired) electrons. The fourth-order valence-corrected chi connectivity index (χ4v) is 2.61. The Morgan fingerprint density at radius 3 is 3.00 bits per heavy atom. The molecule has 0 atom stereocenters. The molecule has 2 rings (SSSR count). The van der Waals surface area contributed by atoms with Crippen LogP contribution < -0.4 is 5.32 Å². The van der Waals surface area contributed by atoms with E-state index in [4.69, 9.17) is 0 Å². The van der Waals surface area contributed by atoms with Crippen molar-refractivity contribution in [3.63, 3.8) is 0 Å². The maximum atomic E-state index is 4.20. The van der Waals surface area contributed by atoms with Crippen molar-refractivity contribution in [3.05, 3.63) is 10.6 Å². The van der Waals surface area contributed by atoms with Gasteiger partial charge in [-0.2, -0.15) is 0 Å². The molecule has 5 heteroatoms. The molecule has 1 aromatic heterocycles. The first-order valence-corrected chi connectivity index (χ1v) is 7.29. The van der Waals surface area contributed by atoms with Crippen molar-refractivity contribution in [2.45, 2.75) is 45.2 Å². The number of aryl methyl sites for hydroxylation is 1. The Morgan fingerprint density at radius 2 is 2.29 bits per heavy atom. The summed E-state index contributed by atoms with van der Waals surface area (Å²) in [5.41, 5.74) is 1.19. The van der Waals surface area contributed by atoms with Crippen molar-refractivity contribution in [3.8, 4) is 0 Å². The molecular formula is C12H22N4S. The summed E-state index contributed by atoms with van der Waals surface area (Å²) >= 11 is 1.55. The van der Waals surface area contributed by atoms with Crippen molar-refractivity contribution >= 4 is 11.5 Å². The first-order valence-electron chi connectivity index (χ1n) is 6.51. The van der Waals surface area contributed by atoms with Gasteiger partial charge in [-0.1, -0.05) is 17.8 Å². The Kier molecular flexibility index (Phi) is 4.88. The largest absolute Gasteiger partial charge is 0.313 e. The lowest BCUT2D eigenvalue weighted by molar-refractivity contribution is 0.325. The minimum Gasteiger partial charge on any atom is -0.313 e. The zero-order valence-electron chi connectivity index (χ0n) is 10.8. The Labute approximate surface area is 108 Å². The third kappa shape index (κ3) is 4.33. The van der Waals surface area contributed by atoms with E-state index < -0.39 is 0 Å². The van der Waals surface area contributed by atoms with E-state index in [1.165, 1.54) is 23.4 Å². The molecule has 0 saturated heterocycles. The standard InChI is InChI=1S/C12H22N4S/c1-3-4-11-12(17-15-14-11)9-16(2)8-7-13-10-5-6-10/h10,13H,3-9H2,1-2H3. The van der Waals surface area contributed by atoms with Gasteiger partial charge >= 0.3 is 0 Å². The van der Waals surface area contributed by atoms with Gasteiger partial charge in [0.1, 0.15) is 0 Å². The number of likely N-dealkylation sites (N-methyl/N-ethyl adjacent to an activating group) is 1. The van der Waals surface area contributed by atoms with Crippen LogP contribution in [0.4, 0.5) is 0 Å². The summed E-state index contributed by atoms with van der Waals surface area (Å²) in [5.74, 6) is 0. The lowest BCUT2D eigenvalue weighted by Crippen LogP contribution is -2.30. The summed E-state index contributed by atoms with van der Waals surface area (Å²) in [6.45, 7) is 5.36. The molecule has 0 amide bonds. The van der Waals surface area contributed by atoms with Gasteiger partial charge in [0.05, 0.1) is 10.6 Å². The molecule has 1 heterocycles. The maximum Gasteiger partial charge on any atom is 0.0800 e. The molecule has 0 aromatic carbocycles. The first-order chi connectivity index (χ1) is 8.29. The summed E-state index contributed by atoms with van der Waals surface area (Å²) in [6, 6.07) is 0.809. The van der Waals surface area contributed by atoms with Crippen LogP contribution in [0.2, 0.25) is 0 Å². The number of rotatable bonds is 8. The predicted octanol–water partition coefficient (Wildman–Crippen LogP) is 1.67. The van der Waals surface area contributed by atoms with Gasteiger partial charge in [-0.25, -0.2) is 0 Å². The number of nitrogens with zero attached hydrogens (tertiary/aromatic N) is 3. The minimum atomic E-state index is 0.809. The molecule has 0 bridgehead atoms. The van der Waals surface area contributed by atoms with Crippen molar-refractivity contribution < 1.29 is 0 Å². The fourth-order valence-electron chi connectivity index (χ4n) is 1.84. The number of aromatic nitrogens is 2. The lowest BCUT2D eigenvalue weighted by Gasteiger charge is -2.16. The highest BCUT2D eigenvalue weighted by molar-refractivity contribution is 7.05. The van der Waals surface area contributed by atoms with E-state index in [1.807, 2.05) is 0 Å². The molecule has 0 aliphatic heterocycles. The quantitative estimate of drug-likeness (QED) is 0.766. The smallest absolute Gasteiger partial charge is 0.0800 e. The molecule has 4 nitrogen and oxygen atoms in total. The van der Waals surface area contributed by atoms with Crippen LogP contribution in [-0.2, 0) is 13.0 Å². The number of hydrogen-bond donors (Lipinski definition) is 1.